The minimum Gasteiger partial charge on any atom is -0.508 e. The van der Waals surface area contributed by atoms with Crippen molar-refractivity contribution in [1.82, 2.24) is 4.90 Å². The van der Waals surface area contributed by atoms with Crippen molar-refractivity contribution in [2.75, 3.05) is 13.1 Å². The van der Waals surface area contributed by atoms with E-state index in [9.17, 15) is 9.50 Å². The number of phenols is 1. The lowest BCUT2D eigenvalue weighted by Crippen LogP contribution is -2.40. The van der Waals surface area contributed by atoms with Crippen LogP contribution in [0.5, 0.6) is 5.75 Å². The van der Waals surface area contributed by atoms with E-state index in [1.807, 2.05) is 6.92 Å². The zero-order chi connectivity index (χ0) is 13.3. The molecule has 0 aromatic heterocycles. The van der Waals surface area contributed by atoms with E-state index in [0.717, 1.165) is 13.1 Å². The molecule has 0 aliphatic carbocycles. The van der Waals surface area contributed by atoms with Gasteiger partial charge in [0.05, 0.1) is 0 Å². The van der Waals surface area contributed by atoms with E-state index in [1.54, 1.807) is 12.1 Å². The first kappa shape index (κ1) is 13.3. The molecule has 1 heterocycles. The second-order valence-electron chi connectivity index (χ2n) is 5.78. The van der Waals surface area contributed by atoms with Gasteiger partial charge in [0.25, 0.3) is 0 Å². The number of nitrogens with zero attached hydrogens (tertiary/aromatic N) is 1. The highest BCUT2D eigenvalue weighted by Crippen LogP contribution is 2.31. The van der Waals surface area contributed by atoms with Crippen molar-refractivity contribution >= 4 is 0 Å². The van der Waals surface area contributed by atoms with Gasteiger partial charge in [0.2, 0.25) is 0 Å². The van der Waals surface area contributed by atoms with Crippen LogP contribution in [-0.2, 0) is 0 Å². The highest BCUT2D eigenvalue weighted by molar-refractivity contribution is 5.29. The number of aromatic hydroxyl groups is 1. The molecule has 1 aliphatic heterocycles. The maximum atomic E-state index is 13.9. The number of rotatable bonds is 2. The summed E-state index contributed by atoms with van der Waals surface area (Å²) < 4.78 is 13.9. The third-order valence-corrected chi connectivity index (χ3v) is 3.88. The third-order valence-electron chi connectivity index (χ3n) is 3.88. The summed E-state index contributed by atoms with van der Waals surface area (Å²) in [5.74, 6) is 1.00. The van der Waals surface area contributed by atoms with Crippen LogP contribution in [0, 0.1) is 17.7 Å². The van der Waals surface area contributed by atoms with Crippen LogP contribution >= 0.6 is 0 Å². The van der Waals surface area contributed by atoms with Gasteiger partial charge in [-0.1, -0.05) is 19.9 Å². The lowest BCUT2D eigenvalue weighted by atomic mass is 9.90. The van der Waals surface area contributed by atoms with Crippen LogP contribution in [-0.4, -0.2) is 23.1 Å². The Labute approximate surface area is 108 Å². The number of hydrogen-bond acceptors (Lipinski definition) is 2. The van der Waals surface area contributed by atoms with Crippen LogP contribution in [0.15, 0.2) is 18.2 Å². The molecule has 1 N–H and O–H groups in total. The second kappa shape index (κ2) is 5.27. The molecule has 3 unspecified atom stereocenters. The monoisotopic (exact) mass is 251 g/mol. The van der Waals surface area contributed by atoms with Gasteiger partial charge in [-0.2, -0.15) is 0 Å². The molecule has 1 aromatic carbocycles. The number of piperidine rings is 1. The molecule has 0 spiro atoms. The molecule has 3 atom stereocenters. The van der Waals surface area contributed by atoms with Gasteiger partial charge in [-0.25, -0.2) is 4.39 Å². The topological polar surface area (TPSA) is 23.5 Å². The summed E-state index contributed by atoms with van der Waals surface area (Å²) in [6.45, 7) is 8.59. The summed E-state index contributed by atoms with van der Waals surface area (Å²) in [6, 6.07) is 4.52. The van der Waals surface area contributed by atoms with E-state index in [-0.39, 0.29) is 17.6 Å². The van der Waals surface area contributed by atoms with E-state index in [2.05, 4.69) is 18.7 Å². The first-order valence-corrected chi connectivity index (χ1v) is 6.69. The fourth-order valence-corrected chi connectivity index (χ4v) is 3.08. The molecule has 0 radical (unpaired) electrons. The molecule has 100 valence electrons. The van der Waals surface area contributed by atoms with E-state index >= 15 is 0 Å². The summed E-state index contributed by atoms with van der Waals surface area (Å²) in [6.07, 6.45) is 1.25. The average molecular weight is 251 g/mol. The quantitative estimate of drug-likeness (QED) is 0.868. The molecule has 0 amide bonds. The van der Waals surface area contributed by atoms with Gasteiger partial charge in [-0.15, -0.1) is 0 Å². The Balaban J connectivity index is 2.17. The van der Waals surface area contributed by atoms with Gasteiger partial charge >= 0.3 is 0 Å². The molecule has 1 aliphatic rings. The fourth-order valence-electron chi connectivity index (χ4n) is 3.08. The Kier molecular flexibility index (Phi) is 3.91. The third kappa shape index (κ3) is 2.83. The zero-order valence-corrected chi connectivity index (χ0v) is 11.4. The van der Waals surface area contributed by atoms with Crippen molar-refractivity contribution in [2.24, 2.45) is 11.8 Å². The van der Waals surface area contributed by atoms with E-state index < -0.39 is 0 Å². The lowest BCUT2D eigenvalue weighted by Gasteiger charge is -2.39. The lowest BCUT2D eigenvalue weighted by molar-refractivity contribution is 0.101. The van der Waals surface area contributed by atoms with Crippen LogP contribution in [0.4, 0.5) is 4.39 Å². The van der Waals surface area contributed by atoms with Crippen molar-refractivity contribution in [2.45, 2.75) is 33.2 Å². The summed E-state index contributed by atoms with van der Waals surface area (Å²) >= 11 is 0. The minimum absolute atomic E-state index is 0.0103. The number of hydrogen-bond donors (Lipinski definition) is 1. The van der Waals surface area contributed by atoms with Crippen LogP contribution in [0.2, 0.25) is 0 Å². The number of phenolic OH excluding ortho intramolecular Hbond substituents is 1. The fraction of sp³-hybridized carbons (Fsp3) is 0.600. The summed E-state index contributed by atoms with van der Waals surface area (Å²) in [7, 11) is 0. The van der Waals surface area contributed by atoms with Crippen LogP contribution < -0.4 is 0 Å². The Bertz CT molecular complexity index is 411. The number of benzene rings is 1. The van der Waals surface area contributed by atoms with Crippen molar-refractivity contribution in [1.29, 1.82) is 0 Å². The highest BCUT2D eigenvalue weighted by Gasteiger charge is 2.27. The predicted molar refractivity (Wildman–Crippen MR) is 71.0 cm³/mol. The average Bonchev–Trinajstić information content (AvgIpc) is 2.26. The van der Waals surface area contributed by atoms with Crippen molar-refractivity contribution in [3.05, 3.63) is 29.6 Å². The Morgan fingerprint density at radius 2 is 1.89 bits per heavy atom. The highest BCUT2D eigenvalue weighted by atomic mass is 19.1. The van der Waals surface area contributed by atoms with Crippen molar-refractivity contribution < 1.29 is 9.50 Å². The predicted octanol–water partition coefficient (Wildman–Crippen LogP) is 3.57. The molecule has 0 bridgehead atoms. The minimum atomic E-state index is -0.312. The molecule has 1 fully saturated rings. The Hall–Kier alpha value is -1.09. The van der Waals surface area contributed by atoms with Crippen LogP contribution in [0.25, 0.3) is 0 Å². The second-order valence-corrected chi connectivity index (χ2v) is 5.78. The largest absolute Gasteiger partial charge is 0.508 e. The Morgan fingerprint density at radius 1 is 1.28 bits per heavy atom. The first-order valence-electron chi connectivity index (χ1n) is 6.69. The van der Waals surface area contributed by atoms with Gasteiger partial charge in [0, 0.05) is 30.8 Å². The maximum Gasteiger partial charge on any atom is 0.131 e. The SMILES string of the molecule is CC1CC(C)CN(C(C)c2ccc(O)cc2F)C1. The van der Waals surface area contributed by atoms with E-state index in [1.165, 1.54) is 12.5 Å². The standard InChI is InChI=1S/C15H22FNO/c1-10-6-11(2)9-17(8-10)12(3)14-5-4-13(18)7-15(14)16/h4-5,7,10-12,18H,6,8-9H2,1-3H3. The Morgan fingerprint density at radius 3 is 2.44 bits per heavy atom. The normalized spacial score (nSPS) is 27.1. The number of halogens is 1. The first-order chi connectivity index (χ1) is 8.47. The molecular formula is C15H22FNO. The molecule has 0 saturated carbocycles. The molecular weight excluding hydrogens is 229 g/mol. The summed E-state index contributed by atoms with van der Waals surface area (Å²) in [5.41, 5.74) is 0.675. The van der Waals surface area contributed by atoms with Gasteiger partial charge in [-0.05, 0) is 31.2 Å². The van der Waals surface area contributed by atoms with Crippen LogP contribution in [0.3, 0.4) is 0 Å². The molecule has 1 aromatic rings. The maximum absolute atomic E-state index is 13.9. The van der Waals surface area contributed by atoms with E-state index in [0.29, 0.717) is 17.4 Å². The molecule has 3 heteroatoms. The van der Waals surface area contributed by atoms with Crippen molar-refractivity contribution in [3.63, 3.8) is 0 Å². The van der Waals surface area contributed by atoms with Gasteiger partial charge < -0.3 is 5.11 Å². The van der Waals surface area contributed by atoms with Crippen LogP contribution in [0.1, 0.15) is 38.8 Å². The summed E-state index contributed by atoms with van der Waals surface area (Å²) in [5, 5.41) is 9.26. The van der Waals surface area contributed by atoms with Gasteiger partial charge in [-0.3, -0.25) is 4.90 Å². The van der Waals surface area contributed by atoms with Gasteiger partial charge in [0.1, 0.15) is 11.6 Å². The zero-order valence-electron chi connectivity index (χ0n) is 11.4. The molecule has 2 rings (SSSR count). The van der Waals surface area contributed by atoms with Crippen molar-refractivity contribution in [3.8, 4) is 5.75 Å². The smallest absolute Gasteiger partial charge is 0.131 e. The molecule has 1 saturated heterocycles. The molecule has 18 heavy (non-hydrogen) atoms. The molecule has 2 nitrogen and oxygen atoms in total. The van der Waals surface area contributed by atoms with E-state index in [4.69, 9.17) is 0 Å². The number of likely N-dealkylation sites (tertiary alicyclic amines) is 1. The summed E-state index contributed by atoms with van der Waals surface area (Å²) in [4.78, 5) is 2.34. The van der Waals surface area contributed by atoms with Gasteiger partial charge in [0.15, 0.2) is 0 Å².